The van der Waals surface area contributed by atoms with E-state index in [1.807, 2.05) is 24.3 Å². The summed E-state index contributed by atoms with van der Waals surface area (Å²) < 4.78 is 27.9. The van der Waals surface area contributed by atoms with Crippen molar-refractivity contribution in [2.75, 3.05) is 13.1 Å². The Morgan fingerprint density at radius 3 is 2.23 bits per heavy atom. The number of hydrogen-bond acceptors (Lipinski definition) is 5. The molecular formula is C24H29N3O3S. The van der Waals surface area contributed by atoms with Crippen molar-refractivity contribution in [3.8, 4) is 0 Å². The first-order chi connectivity index (χ1) is 14.7. The molecule has 0 saturated carbocycles. The Labute approximate surface area is 184 Å². The third kappa shape index (κ3) is 4.25. The molecule has 164 valence electrons. The number of carbonyl (C=O) groups is 1. The van der Waals surface area contributed by atoms with Crippen LogP contribution in [0.5, 0.6) is 0 Å². The van der Waals surface area contributed by atoms with E-state index in [0.717, 1.165) is 30.4 Å². The number of benzene rings is 2. The Morgan fingerprint density at radius 2 is 1.61 bits per heavy atom. The fourth-order valence-electron chi connectivity index (χ4n) is 4.34. The van der Waals surface area contributed by atoms with E-state index in [9.17, 15) is 13.2 Å². The zero-order valence-corrected chi connectivity index (χ0v) is 19.0. The third-order valence-corrected chi connectivity index (χ3v) is 7.79. The van der Waals surface area contributed by atoms with E-state index in [0.29, 0.717) is 5.56 Å². The molecule has 0 radical (unpaired) electrons. The highest BCUT2D eigenvalue weighted by molar-refractivity contribution is 7.99. The minimum Gasteiger partial charge on any atom is -0.375 e. The summed E-state index contributed by atoms with van der Waals surface area (Å²) >= 11 is 0. The van der Waals surface area contributed by atoms with E-state index < -0.39 is 21.5 Å². The summed E-state index contributed by atoms with van der Waals surface area (Å²) in [4.78, 5) is 15.7. The maximum atomic E-state index is 13.4. The van der Waals surface area contributed by atoms with Crippen LogP contribution < -0.4 is 5.32 Å². The molecule has 31 heavy (non-hydrogen) atoms. The highest BCUT2D eigenvalue weighted by atomic mass is 32.2. The van der Waals surface area contributed by atoms with Crippen LogP contribution in [0.4, 0.5) is 0 Å². The van der Waals surface area contributed by atoms with Crippen molar-refractivity contribution in [2.24, 2.45) is 0 Å². The SMILES string of the molecule is CC(C)(C)N1C(=O)C(NC2CCN(Cc3ccccc3)C2)=C(c2ccccc2)S1(=O)=O. The van der Waals surface area contributed by atoms with Gasteiger partial charge >= 0.3 is 0 Å². The average molecular weight is 440 g/mol. The number of nitrogens with one attached hydrogen (secondary N) is 1. The van der Waals surface area contributed by atoms with E-state index in [2.05, 4.69) is 22.3 Å². The van der Waals surface area contributed by atoms with Crippen LogP contribution >= 0.6 is 0 Å². The Bertz CT molecular complexity index is 1090. The second-order valence-electron chi connectivity index (χ2n) is 9.17. The molecule has 0 bridgehead atoms. The average Bonchev–Trinajstić information content (AvgIpc) is 3.22. The smallest absolute Gasteiger partial charge is 0.285 e. The van der Waals surface area contributed by atoms with E-state index in [-0.39, 0.29) is 16.6 Å². The van der Waals surface area contributed by atoms with Crippen LogP contribution in [0.1, 0.15) is 38.3 Å². The number of amides is 1. The molecule has 1 N–H and O–H groups in total. The lowest BCUT2D eigenvalue weighted by Gasteiger charge is -2.30. The molecule has 1 fully saturated rings. The van der Waals surface area contributed by atoms with E-state index >= 15 is 0 Å². The molecule has 1 amide bonds. The lowest BCUT2D eigenvalue weighted by Crippen LogP contribution is -2.47. The molecule has 0 spiro atoms. The summed E-state index contributed by atoms with van der Waals surface area (Å²) in [5, 5.41) is 3.32. The molecule has 2 aromatic carbocycles. The van der Waals surface area contributed by atoms with Gasteiger partial charge in [-0.1, -0.05) is 60.7 Å². The fraction of sp³-hybridized carbons (Fsp3) is 0.375. The Balaban J connectivity index is 1.62. The Morgan fingerprint density at radius 1 is 1.00 bits per heavy atom. The number of rotatable bonds is 5. The van der Waals surface area contributed by atoms with Gasteiger partial charge in [0.1, 0.15) is 10.6 Å². The van der Waals surface area contributed by atoms with E-state index in [1.165, 1.54) is 5.56 Å². The Hall–Kier alpha value is -2.64. The lowest BCUT2D eigenvalue weighted by atomic mass is 10.1. The van der Waals surface area contributed by atoms with Gasteiger partial charge in [0.05, 0.1) is 5.54 Å². The van der Waals surface area contributed by atoms with Crippen LogP contribution in [0.2, 0.25) is 0 Å². The maximum Gasteiger partial charge on any atom is 0.285 e. The standard InChI is InChI=1S/C24H29N3O3S/c1-24(2,3)27-23(28)21(22(31(27,29)30)19-12-8-5-9-13-19)25-20-14-15-26(17-20)16-18-10-6-4-7-11-18/h4-13,20,25H,14-17H2,1-3H3. The summed E-state index contributed by atoms with van der Waals surface area (Å²) in [5.41, 5.74) is 1.11. The highest BCUT2D eigenvalue weighted by Gasteiger charge is 2.49. The molecule has 2 heterocycles. The van der Waals surface area contributed by atoms with Crippen LogP contribution in [-0.4, -0.2) is 48.2 Å². The largest absolute Gasteiger partial charge is 0.375 e. The van der Waals surface area contributed by atoms with Crippen molar-refractivity contribution < 1.29 is 13.2 Å². The Kier molecular flexibility index (Phi) is 5.66. The molecule has 7 heteroatoms. The van der Waals surface area contributed by atoms with Crippen LogP contribution in [0.15, 0.2) is 66.4 Å². The van der Waals surface area contributed by atoms with Gasteiger partial charge in [0.25, 0.3) is 15.9 Å². The summed E-state index contributed by atoms with van der Waals surface area (Å²) in [7, 11) is -3.95. The quantitative estimate of drug-likeness (QED) is 0.775. The van der Waals surface area contributed by atoms with Gasteiger partial charge in [0.15, 0.2) is 0 Å². The van der Waals surface area contributed by atoms with Crippen molar-refractivity contribution >= 4 is 20.8 Å². The molecule has 0 aliphatic carbocycles. The zero-order chi connectivity index (χ0) is 22.2. The molecule has 1 atom stereocenters. The van der Waals surface area contributed by atoms with E-state index in [4.69, 9.17) is 0 Å². The van der Waals surface area contributed by atoms with Crippen LogP contribution in [0, 0.1) is 0 Å². The molecular weight excluding hydrogens is 410 g/mol. The second kappa shape index (κ2) is 8.13. The van der Waals surface area contributed by atoms with Crippen molar-refractivity contribution in [3.05, 3.63) is 77.5 Å². The highest BCUT2D eigenvalue weighted by Crippen LogP contribution is 2.39. The first kappa shape index (κ1) is 21.6. The summed E-state index contributed by atoms with van der Waals surface area (Å²) in [6.45, 7) is 7.71. The molecule has 1 unspecified atom stereocenters. The van der Waals surface area contributed by atoms with Crippen molar-refractivity contribution in [1.82, 2.24) is 14.5 Å². The van der Waals surface area contributed by atoms with Gasteiger partial charge in [0, 0.05) is 25.7 Å². The molecule has 1 saturated heterocycles. The molecule has 2 aromatic rings. The predicted molar refractivity (Wildman–Crippen MR) is 122 cm³/mol. The minimum atomic E-state index is -3.95. The zero-order valence-electron chi connectivity index (χ0n) is 18.2. The van der Waals surface area contributed by atoms with Crippen LogP contribution in [0.25, 0.3) is 4.91 Å². The van der Waals surface area contributed by atoms with Gasteiger partial charge in [0.2, 0.25) is 0 Å². The van der Waals surface area contributed by atoms with Crippen molar-refractivity contribution in [1.29, 1.82) is 0 Å². The number of sulfonamides is 1. The van der Waals surface area contributed by atoms with Gasteiger partial charge < -0.3 is 5.32 Å². The second-order valence-corrected chi connectivity index (χ2v) is 10.9. The van der Waals surface area contributed by atoms with Crippen LogP contribution in [-0.2, 0) is 21.4 Å². The molecule has 2 aliphatic heterocycles. The molecule has 2 aliphatic rings. The third-order valence-electron chi connectivity index (χ3n) is 5.64. The summed E-state index contributed by atoms with van der Waals surface area (Å²) in [6.07, 6.45) is 0.848. The number of likely N-dealkylation sites (tertiary alicyclic amines) is 1. The minimum absolute atomic E-state index is 0.0106. The van der Waals surface area contributed by atoms with Gasteiger partial charge in [-0.2, -0.15) is 0 Å². The fourth-order valence-corrected chi connectivity index (χ4v) is 6.39. The first-order valence-electron chi connectivity index (χ1n) is 10.6. The summed E-state index contributed by atoms with van der Waals surface area (Å²) in [6, 6.07) is 19.2. The van der Waals surface area contributed by atoms with Gasteiger partial charge in [-0.25, -0.2) is 12.7 Å². The predicted octanol–water partition coefficient (Wildman–Crippen LogP) is 3.19. The molecule has 4 rings (SSSR count). The van der Waals surface area contributed by atoms with Crippen molar-refractivity contribution in [3.63, 3.8) is 0 Å². The van der Waals surface area contributed by atoms with Crippen molar-refractivity contribution in [2.45, 2.75) is 45.3 Å². The van der Waals surface area contributed by atoms with Crippen LogP contribution in [0.3, 0.4) is 0 Å². The number of hydrogen-bond donors (Lipinski definition) is 1. The number of carbonyl (C=O) groups excluding carboxylic acids is 1. The van der Waals surface area contributed by atoms with E-state index in [1.54, 1.807) is 45.0 Å². The first-order valence-corrected chi connectivity index (χ1v) is 12.0. The van der Waals surface area contributed by atoms with Gasteiger partial charge in [-0.15, -0.1) is 0 Å². The maximum absolute atomic E-state index is 13.4. The lowest BCUT2D eigenvalue weighted by molar-refractivity contribution is -0.125. The van der Waals surface area contributed by atoms with Gasteiger partial charge in [-0.05, 0) is 38.3 Å². The normalized spacial score (nSPS) is 21.7. The monoisotopic (exact) mass is 439 g/mol. The summed E-state index contributed by atoms with van der Waals surface area (Å²) in [5.74, 6) is -0.479. The topological polar surface area (TPSA) is 69.7 Å². The molecule has 0 aromatic heterocycles. The molecule has 6 nitrogen and oxygen atoms in total. The van der Waals surface area contributed by atoms with Gasteiger partial charge in [-0.3, -0.25) is 9.69 Å². The number of nitrogens with zero attached hydrogens (tertiary/aromatic N) is 2.